The molecule has 170 valence electrons. The van der Waals surface area contributed by atoms with Gasteiger partial charge in [-0.05, 0) is 62.9 Å². The number of benzene rings is 2. The number of hydrogen-bond acceptors (Lipinski definition) is 5. The number of anilines is 1. The zero-order chi connectivity index (χ0) is 22.9. The molecule has 0 saturated carbocycles. The molecule has 1 unspecified atom stereocenters. The second-order valence-electron chi connectivity index (χ2n) is 8.42. The smallest absolute Gasteiger partial charge is 0.243 e. The van der Waals surface area contributed by atoms with Crippen LogP contribution in [0, 0.1) is 12.8 Å². The first kappa shape index (κ1) is 22.4. The molecule has 0 spiro atoms. The first-order valence-electron chi connectivity index (χ1n) is 11.0. The van der Waals surface area contributed by atoms with Gasteiger partial charge in [0.2, 0.25) is 15.9 Å². The Morgan fingerprint density at radius 2 is 1.91 bits per heavy atom. The standard InChI is InChI=1S/C23H29N5O3S/c1-4-17(3)28-22-10-9-19(15-21(22)25-26-28)32(30,31)27-13-11-18(12-14-27)23(29)24-20-8-6-5-7-16(20)2/h5-10,15,17-18H,4,11-14H2,1-3H3,(H,24,29). The van der Waals surface area contributed by atoms with E-state index < -0.39 is 10.0 Å². The van der Waals surface area contributed by atoms with Gasteiger partial charge in [0.05, 0.1) is 16.5 Å². The predicted octanol–water partition coefficient (Wildman–Crippen LogP) is 3.75. The SMILES string of the molecule is CCC(C)n1nnc2cc(S(=O)(=O)N3CCC(C(=O)Nc4ccccc4C)CC3)ccc21. The highest BCUT2D eigenvalue weighted by Gasteiger charge is 2.32. The Kier molecular flexibility index (Phi) is 6.30. The summed E-state index contributed by atoms with van der Waals surface area (Å²) in [6.45, 7) is 6.70. The summed E-state index contributed by atoms with van der Waals surface area (Å²) in [6.07, 6.45) is 1.89. The summed E-state index contributed by atoms with van der Waals surface area (Å²) in [7, 11) is -3.66. The van der Waals surface area contributed by atoms with Crippen LogP contribution in [0.25, 0.3) is 11.0 Å². The van der Waals surface area contributed by atoms with Crippen molar-refractivity contribution >= 4 is 32.7 Å². The molecule has 2 aromatic carbocycles. The molecule has 1 aliphatic rings. The molecule has 1 aromatic heterocycles. The summed E-state index contributed by atoms with van der Waals surface area (Å²) in [4.78, 5) is 12.9. The summed E-state index contributed by atoms with van der Waals surface area (Å²) in [6, 6.07) is 12.8. The van der Waals surface area contributed by atoms with Crippen molar-refractivity contribution < 1.29 is 13.2 Å². The van der Waals surface area contributed by atoms with Gasteiger partial charge in [-0.25, -0.2) is 13.1 Å². The van der Waals surface area contributed by atoms with Crippen LogP contribution in [0.15, 0.2) is 47.4 Å². The predicted molar refractivity (Wildman–Crippen MR) is 124 cm³/mol. The minimum atomic E-state index is -3.66. The van der Waals surface area contributed by atoms with E-state index in [-0.39, 0.29) is 22.8 Å². The van der Waals surface area contributed by atoms with Crippen LogP contribution in [0.4, 0.5) is 5.69 Å². The molecular weight excluding hydrogens is 426 g/mol. The van der Waals surface area contributed by atoms with E-state index in [2.05, 4.69) is 29.5 Å². The molecule has 0 aliphatic carbocycles. The Morgan fingerprint density at radius 1 is 1.19 bits per heavy atom. The van der Waals surface area contributed by atoms with E-state index in [1.165, 1.54) is 4.31 Å². The van der Waals surface area contributed by atoms with E-state index in [1.807, 2.05) is 35.9 Å². The van der Waals surface area contributed by atoms with Crippen molar-refractivity contribution in [3.63, 3.8) is 0 Å². The summed E-state index contributed by atoms with van der Waals surface area (Å²) < 4.78 is 29.7. The van der Waals surface area contributed by atoms with Crippen molar-refractivity contribution in [2.45, 2.75) is 51.0 Å². The van der Waals surface area contributed by atoms with Gasteiger partial charge in [0, 0.05) is 24.7 Å². The normalized spacial score (nSPS) is 16.8. The van der Waals surface area contributed by atoms with E-state index >= 15 is 0 Å². The third-order valence-electron chi connectivity index (χ3n) is 6.32. The average molecular weight is 456 g/mol. The van der Waals surface area contributed by atoms with Gasteiger partial charge in [0.1, 0.15) is 5.52 Å². The fraction of sp³-hybridized carbons (Fsp3) is 0.435. The van der Waals surface area contributed by atoms with Crippen molar-refractivity contribution in [3.8, 4) is 0 Å². The molecule has 8 nitrogen and oxygen atoms in total. The monoisotopic (exact) mass is 455 g/mol. The number of amides is 1. The van der Waals surface area contributed by atoms with Crippen LogP contribution >= 0.6 is 0 Å². The quantitative estimate of drug-likeness (QED) is 0.611. The Balaban J connectivity index is 1.44. The first-order valence-corrected chi connectivity index (χ1v) is 12.5. The third-order valence-corrected chi connectivity index (χ3v) is 8.21. The topological polar surface area (TPSA) is 97.2 Å². The molecule has 1 aliphatic heterocycles. The van der Waals surface area contributed by atoms with E-state index in [1.54, 1.807) is 18.2 Å². The van der Waals surface area contributed by atoms with Gasteiger partial charge in [-0.2, -0.15) is 4.31 Å². The number of sulfonamides is 1. The molecule has 0 radical (unpaired) electrons. The number of aromatic nitrogens is 3. The molecule has 32 heavy (non-hydrogen) atoms. The number of nitrogens with one attached hydrogen (secondary N) is 1. The summed E-state index contributed by atoms with van der Waals surface area (Å²) in [5.74, 6) is -0.265. The van der Waals surface area contributed by atoms with Crippen LogP contribution in [0.1, 0.15) is 44.7 Å². The Labute approximate surface area is 188 Å². The van der Waals surface area contributed by atoms with Crippen LogP contribution < -0.4 is 5.32 Å². The van der Waals surface area contributed by atoms with Crippen molar-refractivity contribution in [1.82, 2.24) is 19.3 Å². The van der Waals surface area contributed by atoms with E-state index in [9.17, 15) is 13.2 Å². The van der Waals surface area contributed by atoms with E-state index in [0.29, 0.717) is 31.4 Å². The van der Waals surface area contributed by atoms with Gasteiger partial charge in [0.15, 0.2) is 0 Å². The number of rotatable bonds is 6. The average Bonchev–Trinajstić information content (AvgIpc) is 3.23. The lowest BCUT2D eigenvalue weighted by Crippen LogP contribution is -2.41. The lowest BCUT2D eigenvalue weighted by Gasteiger charge is -2.30. The molecule has 1 amide bonds. The number of fused-ring (bicyclic) bond motifs is 1. The fourth-order valence-corrected chi connectivity index (χ4v) is 5.53. The molecule has 9 heteroatoms. The molecule has 2 heterocycles. The minimum Gasteiger partial charge on any atom is -0.326 e. The molecule has 0 bridgehead atoms. The van der Waals surface area contributed by atoms with Crippen molar-refractivity contribution in [2.24, 2.45) is 5.92 Å². The number of piperidine rings is 1. The van der Waals surface area contributed by atoms with Crippen molar-refractivity contribution in [2.75, 3.05) is 18.4 Å². The summed E-state index contributed by atoms with van der Waals surface area (Å²) in [5, 5.41) is 11.3. The molecule has 4 rings (SSSR count). The van der Waals surface area contributed by atoms with Gasteiger partial charge in [0.25, 0.3) is 0 Å². The van der Waals surface area contributed by atoms with Gasteiger partial charge >= 0.3 is 0 Å². The second-order valence-corrected chi connectivity index (χ2v) is 10.4. The maximum absolute atomic E-state index is 13.2. The zero-order valence-electron chi connectivity index (χ0n) is 18.7. The maximum atomic E-state index is 13.2. The van der Waals surface area contributed by atoms with Gasteiger partial charge in [-0.3, -0.25) is 4.79 Å². The van der Waals surface area contributed by atoms with Crippen LogP contribution in [-0.2, 0) is 14.8 Å². The fourth-order valence-electron chi connectivity index (χ4n) is 4.04. The lowest BCUT2D eigenvalue weighted by atomic mass is 9.97. The van der Waals surface area contributed by atoms with E-state index in [0.717, 1.165) is 23.2 Å². The van der Waals surface area contributed by atoms with Crippen molar-refractivity contribution in [3.05, 3.63) is 48.0 Å². The molecular formula is C23H29N5O3S. The number of nitrogens with zero attached hydrogens (tertiary/aromatic N) is 4. The molecule has 3 aromatic rings. The summed E-state index contributed by atoms with van der Waals surface area (Å²) in [5.41, 5.74) is 3.19. The van der Waals surface area contributed by atoms with Gasteiger partial charge in [-0.1, -0.05) is 30.3 Å². The Morgan fingerprint density at radius 3 is 2.59 bits per heavy atom. The zero-order valence-corrected chi connectivity index (χ0v) is 19.5. The van der Waals surface area contributed by atoms with E-state index in [4.69, 9.17) is 0 Å². The number of carbonyl (C=O) groups is 1. The van der Waals surface area contributed by atoms with Gasteiger partial charge in [-0.15, -0.1) is 5.10 Å². The van der Waals surface area contributed by atoms with Crippen LogP contribution in [0.3, 0.4) is 0 Å². The maximum Gasteiger partial charge on any atom is 0.243 e. The highest BCUT2D eigenvalue weighted by molar-refractivity contribution is 7.89. The number of aryl methyl sites for hydroxylation is 1. The Hall–Kier alpha value is -2.78. The Bertz CT molecular complexity index is 1230. The van der Waals surface area contributed by atoms with Crippen molar-refractivity contribution in [1.29, 1.82) is 0 Å². The highest BCUT2D eigenvalue weighted by atomic mass is 32.2. The highest BCUT2D eigenvalue weighted by Crippen LogP contribution is 2.27. The second kappa shape index (κ2) is 8.99. The lowest BCUT2D eigenvalue weighted by molar-refractivity contribution is -0.120. The number of carbonyl (C=O) groups excluding carboxylic acids is 1. The molecule has 1 atom stereocenters. The van der Waals surface area contributed by atoms with Crippen LogP contribution in [0.2, 0.25) is 0 Å². The number of para-hydroxylation sites is 1. The van der Waals surface area contributed by atoms with Gasteiger partial charge < -0.3 is 5.32 Å². The third kappa shape index (κ3) is 4.27. The van der Waals surface area contributed by atoms with Crippen LogP contribution in [-0.4, -0.2) is 46.7 Å². The summed E-state index contributed by atoms with van der Waals surface area (Å²) >= 11 is 0. The molecule has 1 N–H and O–H groups in total. The first-order chi connectivity index (χ1) is 15.3. The molecule has 1 saturated heterocycles. The molecule has 1 fully saturated rings. The number of hydrogen-bond donors (Lipinski definition) is 1. The minimum absolute atomic E-state index is 0.0561. The van der Waals surface area contributed by atoms with Crippen LogP contribution in [0.5, 0.6) is 0 Å². The largest absolute Gasteiger partial charge is 0.326 e.